The van der Waals surface area contributed by atoms with Crippen molar-refractivity contribution in [1.82, 2.24) is 5.32 Å². The number of benzene rings is 1. The van der Waals surface area contributed by atoms with Gasteiger partial charge < -0.3 is 5.32 Å². The van der Waals surface area contributed by atoms with Gasteiger partial charge in [-0.2, -0.15) is 13.2 Å². The third-order valence-corrected chi connectivity index (χ3v) is 3.31. The molecule has 2 rings (SSSR count). The molecule has 0 amide bonds. The minimum atomic E-state index is -4.37. The molecule has 1 aliphatic rings. The van der Waals surface area contributed by atoms with Gasteiger partial charge in [0.1, 0.15) is 0 Å². The zero-order valence-corrected chi connectivity index (χ0v) is 9.41. The number of rotatable bonds is 0. The van der Waals surface area contributed by atoms with Crippen molar-refractivity contribution in [2.75, 3.05) is 6.54 Å². The van der Waals surface area contributed by atoms with Crippen LogP contribution in [0.4, 0.5) is 13.2 Å². The molecule has 1 aromatic rings. The summed E-state index contributed by atoms with van der Waals surface area (Å²) in [7, 11) is 0. The average molecular weight is 250 g/mol. The lowest BCUT2D eigenvalue weighted by atomic mass is 9.93. The molecule has 1 N–H and O–H groups in total. The summed E-state index contributed by atoms with van der Waals surface area (Å²) in [5.41, 5.74) is 0.758. The second-order valence-corrected chi connectivity index (χ2v) is 4.30. The summed E-state index contributed by atoms with van der Waals surface area (Å²) in [6.07, 6.45) is -3.83. The van der Waals surface area contributed by atoms with Gasteiger partial charge in [0.2, 0.25) is 0 Å². The molecule has 1 aliphatic heterocycles. The molecule has 0 radical (unpaired) electrons. The van der Waals surface area contributed by atoms with E-state index in [9.17, 15) is 13.2 Å². The summed E-state index contributed by atoms with van der Waals surface area (Å²) in [6, 6.07) is 2.63. The largest absolute Gasteiger partial charge is 0.417 e. The molecule has 0 aliphatic carbocycles. The van der Waals surface area contributed by atoms with Crippen molar-refractivity contribution in [3.05, 3.63) is 33.8 Å². The number of halogens is 4. The zero-order chi connectivity index (χ0) is 11.9. The van der Waals surface area contributed by atoms with Crippen molar-refractivity contribution in [2.24, 2.45) is 0 Å². The lowest BCUT2D eigenvalue weighted by Crippen LogP contribution is -2.28. The number of nitrogens with one attached hydrogen (secondary N) is 1. The highest BCUT2D eigenvalue weighted by molar-refractivity contribution is 6.32. The summed E-state index contributed by atoms with van der Waals surface area (Å²) >= 11 is 5.83. The van der Waals surface area contributed by atoms with Gasteiger partial charge in [-0.25, -0.2) is 0 Å². The molecule has 1 atom stereocenters. The highest BCUT2D eigenvalue weighted by Gasteiger charge is 2.35. The maximum atomic E-state index is 12.6. The maximum absolute atomic E-state index is 12.6. The Labute approximate surface area is 96.6 Å². The SMILES string of the molecule is CC1NCCc2c1ccc(C(F)(F)F)c2Cl. The summed E-state index contributed by atoms with van der Waals surface area (Å²) in [4.78, 5) is 0. The summed E-state index contributed by atoms with van der Waals surface area (Å²) < 4.78 is 37.8. The molecule has 0 aromatic heterocycles. The molecule has 5 heteroatoms. The quantitative estimate of drug-likeness (QED) is 0.741. The van der Waals surface area contributed by atoms with Crippen LogP contribution in [-0.4, -0.2) is 6.54 Å². The molecular formula is C11H11ClF3N. The topological polar surface area (TPSA) is 12.0 Å². The normalized spacial score (nSPS) is 20.7. The number of hydrogen-bond donors (Lipinski definition) is 1. The molecule has 0 spiro atoms. The van der Waals surface area contributed by atoms with Gasteiger partial charge in [-0.3, -0.25) is 0 Å². The first-order valence-electron chi connectivity index (χ1n) is 5.03. The smallest absolute Gasteiger partial charge is 0.310 e. The first-order valence-corrected chi connectivity index (χ1v) is 5.41. The van der Waals surface area contributed by atoms with Gasteiger partial charge >= 0.3 is 6.18 Å². The van der Waals surface area contributed by atoms with Gasteiger partial charge in [-0.15, -0.1) is 0 Å². The van der Waals surface area contributed by atoms with Crippen LogP contribution in [0, 0.1) is 0 Å². The van der Waals surface area contributed by atoms with Gasteiger partial charge in [0, 0.05) is 6.04 Å². The molecule has 1 aromatic carbocycles. The van der Waals surface area contributed by atoms with E-state index in [1.165, 1.54) is 6.07 Å². The van der Waals surface area contributed by atoms with E-state index in [4.69, 9.17) is 11.6 Å². The van der Waals surface area contributed by atoms with Crippen molar-refractivity contribution in [3.63, 3.8) is 0 Å². The minimum absolute atomic E-state index is 0.0588. The molecular weight excluding hydrogens is 239 g/mol. The lowest BCUT2D eigenvalue weighted by molar-refractivity contribution is -0.137. The van der Waals surface area contributed by atoms with Gasteiger partial charge in [0.25, 0.3) is 0 Å². The molecule has 0 saturated carbocycles. The van der Waals surface area contributed by atoms with Crippen molar-refractivity contribution in [3.8, 4) is 0 Å². The second-order valence-electron chi connectivity index (χ2n) is 3.92. The van der Waals surface area contributed by atoms with E-state index in [-0.39, 0.29) is 11.1 Å². The number of hydrogen-bond acceptors (Lipinski definition) is 1. The molecule has 88 valence electrons. The van der Waals surface area contributed by atoms with Crippen LogP contribution in [-0.2, 0) is 12.6 Å². The van der Waals surface area contributed by atoms with Crippen LogP contribution in [0.15, 0.2) is 12.1 Å². The summed E-state index contributed by atoms with van der Waals surface area (Å²) in [6.45, 7) is 2.58. The lowest BCUT2D eigenvalue weighted by Gasteiger charge is -2.26. The third kappa shape index (κ3) is 1.92. The molecule has 16 heavy (non-hydrogen) atoms. The summed E-state index contributed by atoms with van der Waals surface area (Å²) in [5, 5.41) is 3.04. The third-order valence-electron chi connectivity index (χ3n) is 2.88. The first-order chi connectivity index (χ1) is 7.41. The van der Waals surface area contributed by atoms with Crippen molar-refractivity contribution < 1.29 is 13.2 Å². The maximum Gasteiger partial charge on any atom is 0.417 e. The fourth-order valence-electron chi connectivity index (χ4n) is 2.04. The molecule has 0 bridgehead atoms. The fourth-order valence-corrected chi connectivity index (χ4v) is 2.41. The molecule has 1 nitrogen and oxygen atoms in total. The van der Waals surface area contributed by atoms with Gasteiger partial charge in [0.15, 0.2) is 0 Å². The van der Waals surface area contributed by atoms with E-state index in [1.54, 1.807) is 0 Å². The monoisotopic (exact) mass is 249 g/mol. The predicted octanol–water partition coefficient (Wildman–Crippen LogP) is 3.57. The number of alkyl halides is 3. The van der Waals surface area contributed by atoms with E-state index in [0.29, 0.717) is 18.5 Å². The Hall–Kier alpha value is -0.740. The molecule has 1 heterocycles. The standard InChI is InChI=1S/C11H11ClF3N/c1-6-7-2-3-9(11(13,14)15)10(12)8(7)4-5-16-6/h2-3,6,16H,4-5H2,1H3. The van der Waals surface area contributed by atoms with E-state index in [1.807, 2.05) is 6.92 Å². The Kier molecular flexibility index (Phi) is 2.88. The van der Waals surface area contributed by atoms with Crippen LogP contribution in [0.25, 0.3) is 0 Å². The van der Waals surface area contributed by atoms with Crippen molar-refractivity contribution >= 4 is 11.6 Å². The zero-order valence-electron chi connectivity index (χ0n) is 8.66. The predicted molar refractivity (Wildman–Crippen MR) is 56.6 cm³/mol. The van der Waals surface area contributed by atoms with Crippen LogP contribution in [0.1, 0.15) is 29.7 Å². The van der Waals surface area contributed by atoms with Crippen LogP contribution in [0.2, 0.25) is 5.02 Å². The van der Waals surface area contributed by atoms with Crippen LogP contribution >= 0.6 is 11.6 Å². The van der Waals surface area contributed by atoms with Crippen molar-refractivity contribution in [1.29, 1.82) is 0 Å². The second kappa shape index (κ2) is 3.93. The Morgan fingerprint density at radius 3 is 2.69 bits per heavy atom. The highest BCUT2D eigenvalue weighted by Crippen LogP contribution is 2.39. The Bertz CT molecular complexity index is 414. The average Bonchev–Trinajstić information content (AvgIpc) is 2.18. The van der Waals surface area contributed by atoms with Crippen LogP contribution in [0.3, 0.4) is 0 Å². The Morgan fingerprint density at radius 2 is 2.06 bits per heavy atom. The van der Waals surface area contributed by atoms with Gasteiger partial charge in [-0.05, 0) is 37.1 Å². The molecule has 1 unspecified atom stereocenters. The first kappa shape index (κ1) is 11.7. The molecule has 0 saturated heterocycles. The Morgan fingerprint density at radius 1 is 1.38 bits per heavy atom. The van der Waals surface area contributed by atoms with Crippen molar-refractivity contribution in [2.45, 2.75) is 25.6 Å². The van der Waals surface area contributed by atoms with Gasteiger partial charge in [-0.1, -0.05) is 17.7 Å². The van der Waals surface area contributed by atoms with Crippen LogP contribution in [0.5, 0.6) is 0 Å². The van der Waals surface area contributed by atoms with E-state index >= 15 is 0 Å². The highest BCUT2D eigenvalue weighted by atomic mass is 35.5. The van der Waals surface area contributed by atoms with Crippen LogP contribution < -0.4 is 5.32 Å². The summed E-state index contributed by atoms with van der Waals surface area (Å²) in [5.74, 6) is 0. The molecule has 0 fully saturated rings. The van der Waals surface area contributed by atoms with Gasteiger partial charge in [0.05, 0.1) is 10.6 Å². The minimum Gasteiger partial charge on any atom is -0.310 e. The van der Waals surface area contributed by atoms with E-state index in [0.717, 1.165) is 11.6 Å². The fraction of sp³-hybridized carbons (Fsp3) is 0.455. The van der Waals surface area contributed by atoms with E-state index in [2.05, 4.69) is 5.32 Å². The number of fused-ring (bicyclic) bond motifs is 1. The Balaban J connectivity index is 2.55. The van der Waals surface area contributed by atoms with E-state index < -0.39 is 11.7 Å².